The number of carboxylic acids is 1. The summed E-state index contributed by atoms with van der Waals surface area (Å²) in [6.07, 6.45) is 4.39. The predicted molar refractivity (Wildman–Crippen MR) is 132 cm³/mol. The van der Waals surface area contributed by atoms with Gasteiger partial charge < -0.3 is 24.1 Å². The number of aryl methyl sites for hydroxylation is 2. The van der Waals surface area contributed by atoms with Crippen LogP contribution in [0.1, 0.15) is 35.1 Å². The van der Waals surface area contributed by atoms with Crippen LogP contribution < -0.4 is 14.2 Å². The molecule has 6 heteroatoms. The van der Waals surface area contributed by atoms with Crippen LogP contribution in [0.15, 0.2) is 54.6 Å². The first-order chi connectivity index (χ1) is 17.0. The average molecular weight is 475 g/mol. The number of benzene rings is 3. The Kier molecular flexibility index (Phi) is 6.91. The van der Waals surface area contributed by atoms with Crippen molar-refractivity contribution in [1.29, 1.82) is 0 Å². The first-order valence-corrected chi connectivity index (χ1v) is 12.1. The van der Waals surface area contributed by atoms with E-state index in [1.54, 1.807) is 24.3 Å². The van der Waals surface area contributed by atoms with Crippen molar-refractivity contribution in [3.05, 3.63) is 76.9 Å². The third kappa shape index (κ3) is 5.60. The van der Waals surface area contributed by atoms with Gasteiger partial charge in [-0.1, -0.05) is 12.1 Å². The van der Waals surface area contributed by atoms with E-state index >= 15 is 0 Å². The van der Waals surface area contributed by atoms with Crippen molar-refractivity contribution in [2.24, 2.45) is 0 Å². The molecule has 0 radical (unpaired) electrons. The third-order valence-electron chi connectivity index (χ3n) is 6.56. The lowest BCUT2D eigenvalue weighted by molar-refractivity contribution is -0.139. The number of fused-ring (bicyclic) bond motifs is 1. The molecule has 1 N–H and O–H groups in total. The number of ether oxygens (including phenoxy) is 4. The van der Waals surface area contributed by atoms with E-state index in [1.807, 2.05) is 6.07 Å². The minimum absolute atomic E-state index is 0.122. The van der Waals surface area contributed by atoms with Crippen molar-refractivity contribution in [3.63, 3.8) is 0 Å². The minimum Gasteiger partial charge on any atom is -0.489 e. The standard InChI is InChI=1S/C29H30O6/c1-19-5-6-24(35-25-11-12-32-17-25)15-27(19)28-14-20(13-21-3-2-4-26(21)28)16-33-22-7-9-23(10-8-22)34-18-29(30)31/h5-10,13-15,25H,2-4,11-12,16-18H2,1H3,(H,30,31)/t25-/m0/s1. The highest BCUT2D eigenvalue weighted by atomic mass is 16.5. The van der Waals surface area contributed by atoms with Crippen LogP contribution >= 0.6 is 0 Å². The minimum atomic E-state index is -1.00. The molecule has 1 heterocycles. The SMILES string of the molecule is Cc1ccc(O[C@H]2CCOC2)cc1-c1cc(COc2ccc(OCC(=O)O)cc2)cc2c1CCC2. The molecule has 1 fully saturated rings. The molecule has 6 nitrogen and oxygen atoms in total. The first-order valence-electron chi connectivity index (χ1n) is 12.1. The highest BCUT2D eigenvalue weighted by molar-refractivity contribution is 5.74. The third-order valence-corrected chi connectivity index (χ3v) is 6.56. The van der Waals surface area contributed by atoms with Crippen LogP contribution in [-0.4, -0.2) is 37.0 Å². The van der Waals surface area contributed by atoms with E-state index in [4.69, 9.17) is 24.1 Å². The maximum absolute atomic E-state index is 10.7. The lowest BCUT2D eigenvalue weighted by atomic mass is 9.92. The molecule has 1 atom stereocenters. The molecule has 0 saturated carbocycles. The Morgan fingerprint density at radius 1 is 0.971 bits per heavy atom. The van der Waals surface area contributed by atoms with Crippen molar-refractivity contribution in [2.45, 2.75) is 45.3 Å². The summed E-state index contributed by atoms with van der Waals surface area (Å²) in [5.41, 5.74) is 7.65. The van der Waals surface area contributed by atoms with E-state index in [0.717, 1.165) is 37.2 Å². The van der Waals surface area contributed by atoms with Crippen molar-refractivity contribution in [3.8, 4) is 28.4 Å². The molecule has 182 valence electrons. The Labute approximate surface area is 205 Å². The largest absolute Gasteiger partial charge is 0.489 e. The van der Waals surface area contributed by atoms with Gasteiger partial charge in [-0.15, -0.1) is 0 Å². The van der Waals surface area contributed by atoms with E-state index in [9.17, 15) is 4.79 Å². The molecule has 2 aliphatic rings. The molecule has 35 heavy (non-hydrogen) atoms. The summed E-state index contributed by atoms with van der Waals surface area (Å²) in [6.45, 7) is 3.65. The van der Waals surface area contributed by atoms with Gasteiger partial charge in [0.25, 0.3) is 0 Å². The normalized spacial score (nSPS) is 16.7. The molecule has 0 unspecified atom stereocenters. The second-order valence-corrected chi connectivity index (χ2v) is 9.16. The van der Waals surface area contributed by atoms with Crippen molar-refractivity contribution >= 4 is 5.97 Å². The quantitative estimate of drug-likeness (QED) is 0.450. The van der Waals surface area contributed by atoms with E-state index in [1.165, 1.54) is 34.2 Å². The molecule has 1 saturated heterocycles. The molecule has 1 aliphatic carbocycles. The van der Waals surface area contributed by atoms with Crippen molar-refractivity contribution < 1.29 is 28.8 Å². The molecule has 3 aromatic rings. The van der Waals surface area contributed by atoms with Gasteiger partial charge in [-0.3, -0.25) is 0 Å². The summed E-state index contributed by atoms with van der Waals surface area (Å²) in [5, 5.41) is 8.75. The van der Waals surface area contributed by atoms with E-state index in [-0.39, 0.29) is 12.7 Å². The number of rotatable bonds is 9. The number of carbonyl (C=O) groups is 1. The summed E-state index contributed by atoms with van der Waals surface area (Å²) < 4.78 is 22.9. The number of aliphatic carboxylic acids is 1. The second kappa shape index (κ2) is 10.4. The summed E-state index contributed by atoms with van der Waals surface area (Å²) in [4.78, 5) is 10.7. The predicted octanol–water partition coefficient (Wildman–Crippen LogP) is 5.36. The maximum atomic E-state index is 10.7. The molecular formula is C29H30O6. The molecule has 0 aromatic heterocycles. The van der Waals surface area contributed by atoms with Crippen LogP contribution in [0.3, 0.4) is 0 Å². The van der Waals surface area contributed by atoms with Gasteiger partial charge in [0.05, 0.1) is 13.2 Å². The van der Waals surface area contributed by atoms with Crippen LogP contribution in [0.2, 0.25) is 0 Å². The Hall–Kier alpha value is -3.51. The zero-order valence-corrected chi connectivity index (χ0v) is 19.9. The fraction of sp³-hybridized carbons (Fsp3) is 0.345. The first kappa shape index (κ1) is 23.2. The lowest BCUT2D eigenvalue weighted by Crippen LogP contribution is -2.15. The molecule has 1 aliphatic heterocycles. The van der Waals surface area contributed by atoms with E-state index in [2.05, 4.69) is 31.2 Å². The van der Waals surface area contributed by atoms with Crippen molar-refractivity contribution in [2.75, 3.05) is 19.8 Å². The fourth-order valence-electron chi connectivity index (χ4n) is 4.80. The van der Waals surface area contributed by atoms with Gasteiger partial charge in [-0.05, 0) is 102 Å². The Morgan fingerprint density at radius 2 is 1.74 bits per heavy atom. The molecule has 0 bridgehead atoms. The Morgan fingerprint density at radius 3 is 2.49 bits per heavy atom. The van der Waals surface area contributed by atoms with Gasteiger partial charge in [-0.25, -0.2) is 4.79 Å². The van der Waals surface area contributed by atoms with Gasteiger partial charge in [0.2, 0.25) is 0 Å². The van der Waals surface area contributed by atoms with E-state index in [0.29, 0.717) is 24.7 Å². The van der Waals surface area contributed by atoms with Crippen LogP contribution in [-0.2, 0) is 29.0 Å². The Bertz CT molecular complexity index is 1190. The van der Waals surface area contributed by atoms with Gasteiger partial charge in [0, 0.05) is 6.42 Å². The molecule has 3 aromatic carbocycles. The zero-order chi connectivity index (χ0) is 24.2. The van der Waals surface area contributed by atoms with Crippen LogP contribution in [0.25, 0.3) is 11.1 Å². The topological polar surface area (TPSA) is 74.2 Å². The molecule has 0 amide bonds. The van der Waals surface area contributed by atoms with E-state index < -0.39 is 5.97 Å². The smallest absolute Gasteiger partial charge is 0.341 e. The summed E-state index contributed by atoms with van der Waals surface area (Å²) in [7, 11) is 0. The Balaban J connectivity index is 1.35. The average Bonchev–Trinajstić information content (AvgIpc) is 3.55. The maximum Gasteiger partial charge on any atom is 0.341 e. The van der Waals surface area contributed by atoms with Crippen LogP contribution in [0.5, 0.6) is 17.2 Å². The van der Waals surface area contributed by atoms with Gasteiger partial charge in [0.15, 0.2) is 6.61 Å². The van der Waals surface area contributed by atoms with Crippen LogP contribution in [0, 0.1) is 6.92 Å². The molecular weight excluding hydrogens is 444 g/mol. The summed E-state index contributed by atoms with van der Waals surface area (Å²) in [6, 6.07) is 17.9. The second-order valence-electron chi connectivity index (χ2n) is 9.16. The number of hydrogen-bond acceptors (Lipinski definition) is 5. The summed E-state index contributed by atoms with van der Waals surface area (Å²) in [5.74, 6) is 1.10. The molecule has 5 rings (SSSR count). The van der Waals surface area contributed by atoms with Gasteiger partial charge in [-0.2, -0.15) is 0 Å². The summed E-state index contributed by atoms with van der Waals surface area (Å²) >= 11 is 0. The lowest BCUT2D eigenvalue weighted by Gasteiger charge is -2.18. The zero-order valence-electron chi connectivity index (χ0n) is 19.9. The molecule has 0 spiro atoms. The van der Waals surface area contributed by atoms with Gasteiger partial charge in [0.1, 0.15) is 30.0 Å². The highest BCUT2D eigenvalue weighted by Gasteiger charge is 2.21. The number of hydrogen-bond donors (Lipinski definition) is 1. The highest BCUT2D eigenvalue weighted by Crippen LogP contribution is 2.37. The fourth-order valence-corrected chi connectivity index (χ4v) is 4.80. The monoisotopic (exact) mass is 474 g/mol. The van der Waals surface area contributed by atoms with Crippen LogP contribution in [0.4, 0.5) is 0 Å². The van der Waals surface area contributed by atoms with Crippen molar-refractivity contribution in [1.82, 2.24) is 0 Å². The van der Waals surface area contributed by atoms with Gasteiger partial charge >= 0.3 is 5.97 Å². The number of carboxylic acid groups (broad SMARTS) is 1.